The fourth-order valence-corrected chi connectivity index (χ4v) is 3.02. The highest BCUT2D eigenvalue weighted by atomic mass is 19.3. The van der Waals surface area contributed by atoms with Crippen molar-refractivity contribution >= 4 is 17.2 Å². The Bertz CT molecular complexity index is 985. The maximum absolute atomic E-state index is 12.5. The van der Waals surface area contributed by atoms with Crippen LogP contribution in [0.25, 0.3) is 5.65 Å². The Labute approximate surface area is 155 Å². The Kier molecular flexibility index (Phi) is 5.34. The fraction of sp³-hybridized carbons (Fsp3) is 0.316. The molecule has 0 spiro atoms. The molecule has 0 bridgehead atoms. The average Bonchev–Trinajstić information content (AvgIpc) is 2.96. The van der Waals surface area contributed by atoms with Gasteiger partial charge in [-0.2, -0.15) is 13.9 Å². The summed E-state index contributed by atoms with van der Waals surface area (Å²) >= 11 is 0. The number of ether oxygens (including phenoxy) is 1. The van der Waals surface area contributed by atoms with Crippen molar-refractivity contribution in [1.29, 1.82) is 0 Å². The summed E-state index contributed by atoms with van der Waals surface area (Å²) < 4.78 is 31.1. The molecular formula is C19H20F2N4O2. The number of para-hydroxylation sites is 2. The van der Waals surface area contributed by atoms with Crippen LogP contribution in [0.15, 0.2) is 30.3 Å². The highest BCUT2D eigenvalue weighted by Crippen LogP contribution is 2.26. The Morgan fingerprint density at radius 1 is 1.26 bits per heavy atom. The molecule has 2 heterocycles. The summed E-state index contributed by atoms with van der Waals surface area (Å²) in [7, 11) is 0. The lowest BCUT2D eigenvalue weighted by Crippen LogP contribution is -2.15. The molecule has 1 N–H and O–H groups in total. The molecule has 142 valence electrons. The van der Waals surface area contributed by atoms with E-state index in [-0.39, 0.29) is 23.8 Å². The second kappa shape index (κ2) is 7.69. The van der Waals surface area contributed by atoms with Crippen molar-refractivity contribution in [2.75, 3.05) is 5.32 Å². The lowest BCUT2D eigenvalue weighted by atomic mass is 10.1. The van der Waals surface area contributed by atoms with E-state index >= 15 is 0 Å². The maximum atomic E-state index is 12.5. The SMILES string of the molecule is Cc1cc2nc(C)c(CCC(=O)Nc3ccccc3OC(F)F)c(C)n2n1. The molecule has 1 amide bonds. The van der Waals surface area contributed by atoms with Gasteiger partial charge in [0.1, 0.15) is 5.75 Å². The lowest BCUT2D eigenvalue weighted by molar-refractivity contribution is -0.116. The highest BCUT2D eigenvalue weighted by molar-refractivity contribution is 5.92. The zero-order valence-electron chi connectivity index (χ0n) is 15.3. The van der Waals surface area contributed by atoms with Crippen LogP contribution in [0.5, 0.6) is 5.75 Å². The molecule has 0 saturated heterocycles. The Morgan fingerprint density at radius 3 is 2.74 bits per heavy atom. The van der Waals surface area contributed by atoms with Crippen molar-refractivity contribution in [3.05, 3.63) is 53.0 Å². The summed E-state index contributed by atoms with van der Waals surface area (Å²) in [5.74, 6) is -0.362. The lowest BCUT2D eigenvalue weighted by Gasteiger charge is -2.13. The van der Waals surface area contributed by atoms with Crippen molar-refractivity contribution in [2.24, 2.45) is 0 Å². The predicted octanol–water partition coefficient (Wildman–Crippen LogP) is 3.83. The van der Waals surface area contributed by atoms with E-state index in [9.17, 15) is 13.6 Å². The minimum Gasteiger partial charge on any atom is -0.433 e. The minimum atomic E-state index is -2.95. The molecular weight excluding hydrogens is 354 g/mol. The summed E-state index contributed by atoms with van der Waals surface area (Å²) in [6.45, 7) is 2.78. The molecule has 1 aromatic carbocycles. The van der Waals surface area contributed by atoms with Crippen LogP contribution in [-0.2, 0) is 11.2 Å². The van der Waals surface area contributed by atoms with Crippen LogP contribution in [0.2, 0.25) is 0 Å². The molecule has 27 heavy (non-hydrogen) atoms. The first-order chi connectivity index (χ1) is 12.8. The number of amides is 1. The number of aryl methyl sites for hydroxylation is 3. The van der Waals surface area contributed by atoms with Gasteiger partial charge in [-0.1, -0.05) is 12.1 Å². The molecule has 0 radical (unpaired) electrons. The van der Waals surface area contributed by atoms with E-state index in [1.807, 2.05) is 26.8 Å². The Balaban J connectivity index is 1.72. The van der Waals surface area contributed by atoms with Gasteiger partial charge in [0.15, 0.2) is 5.65 Å². The van der Waals surface area contributed by atoms with Gasteiger partial charge in [-0.3, -0.25) is 4.79 Å². The number of fused-ring (bicyclic) bond motifs is 1. The molecule has 0 saturated carbocycles. The largest absolute Gasteiger partial charge is 0.433 e. The first-order valence-electron chi connectivity index (χ1n) is 8.51. The molecule has 3 rings (SSSR count). The molecule has 0 aliphatic rings. The van der Waals surface area contributed by atoms with E-state index in [4.69, 9.17) is 0 Å². The van der Waals surface area contributed by atoms with Crippen LogP contribution in [0.3, 0.4) is 0 Å². The quantitative estimate of drug-likeness (QED) is 0.712. The number of anilines is 1. The number of nitrogens with one attached hydrogen (secondary N) is 1. The summed E-state index contributed by atoms with van der Waals surface area (Å²) in [5.41, 5.74) is 4.57. The van der Waals surface area contributed by atoms with Gasteiger partial charge in [0, 0.05) is 23.9 Å². The standard InChI is InChI=1S/C19H20F2N4O2/c1-11-10-17-22-12(2)14(13(3)25(17)24-11)8-9-18(26)23-15-6-4-5-7-16(15)27-19(20)21/h4-7,10,19H,8-9H2,1-3H3,(H,23,26). The smallest absolute Gasteiger partial charge is 0.387 e. The predicted molar refractivity (Wildman–Crippen MR) is 97.2 cm³/mol. The summed E-state index contributed by atoms with van der Waals surface area (Å²) in [6.07, 6.45) is 0.640. The number of hydrogen-bond acceptors (Lipinski definition) is 4. The van der Waals surface area contributed by atoms with Gasteiger partial charge in [0.25, 0.3) is 0 Å². The monoisotopic (exact) mass is 374 g/mol. The van der Waals surface area contributed by atoms with Crippen LogP contribution >= 0.6 is 0 Å². The number of alkyl halides is 2. The van der Waals surface area contributed by atoms with Gasteiger partial charge < -0.3 is 10.1 Å². The van der Waals surface area contributed by atoms with E-state index in [1.165, 1.54) is 12.1 Å². The molecule has 0 aliphatic carbocycles. The zero-order chi connectivity index (χ0) is 19.6. The van der Waals surface area contributed by atoms with Gasteiger partial charge in [-0.05, 0) is 44.9 Å². The van der Waals surface area contributed by atoms with Gasteiger partial charge in [0.2, 0.25) is 5.91 Å². The molecule has 8 heteroatoms. The van der Waals surface area contributed by atoms with E-state index in [2.05, 4.69) is 20.1 Å². The van der Waals surface area contributed by atoms with E-state index in [1.54, 1.807) is 16.6 Å². The molecule has 0 unspecified atom stereocenters. The second-order valence-electron chi connectivity index (χ2n) is 6.24. The number of halogens is 2. The fourth-order valence-electron chi connectivity index (χ4n) is 3.02. The van der Waals surface area contributed by atoms with Crippen molar-refractivity contribution in [3.63, 3.8) is 0 Å². The van der Waals surface area contributed by atoms with Crippen LogP contribution < -0.4 is 10.1 Å². The molecule has 3 aromatic rings. The average molecular weight is 374 g/mol. The second-order valence-corrected chi connectivity index (χ2v) is 6.24. The molecule has 0 fully saturated rings. The van der Waals surface area contributed by atoms with Crippen molar-refractivity contribution in [3.8, 4) is 5.75 Å². The maximum Gasteiger partial charge on any atom is 0.387 e. The normalized spacial score (nSPS) is 11.2. The zero-order valence-corrected chi connectivity index (χ0v) is 15.3. The first-order valence-corrected chi connectivity index (χ1v) is 8.51. The van der Waals surface area contributed by atoms with Crippen molar-refractivity contribution < 1.29 is 18.3 Å². The van der Waals surface area contributed by atoms with Crippen molar-refractivity contribution in [2.45, 2.75) is 40.2 Å². The van der Waals surface area contributed by atoms with Gasteiger partial charge in [0.05, 0.1) is 11.4 Å². The third-order valence-corrected chi connectivity index (χ3v) is 4.27. The van der Waals surface area contributed by atoms with Crippen LogP contribution in [0, 0.1) is 20.8 Å². The molecule has 2 aromatic heterocycles. The number of benzene rings is 1. The number of rotatable bonds is 6. The van der Waals surface area contributed by atoms with Crippen molar-refractivity contribution in [1.82, 2.24) is 14.6 Å². The number of hydrogen-bond donors (Lipinski definition) is 1. The molecule has 0 aliphatic heterocycles. The van der Waals surface area contributed by atoms with E-state index in [0.717, 1.165) is 28.3 Å². The first kappa shape index (κ1) is 18.8. The van der Waals surface area contributed by atoms with Crippen LogP contribution in [-0.4, -0.2) is 27.1 Å². The third kappa shape index (κ3) is 4.21. The molecule has 6 nitrogen and oxygen atoms in total. The number of carbonyl (C=O) groups excluding carboxylic acids is 1. The van der Waals surface area contributed by atoms with E-state index in [0.29, 0.717) is 6.42 Å². The van der Waals surface area contributed by atoms with Crippen LogP contribution in [0.4, 0.5) is 14.5 Å². The van der Waals surface area contributed by atoms with E-state index < -0.39 is 6.61 Å². The summed E-state index contributed by atoms with van der Waals surface area (Å²) in [4.78, 5) is 16.8. The summed E-state index contributed by atoms with van der Waals surface area (Å²) in [5, 5.41) is 7.04. The Morgan fingerprint density at radius 2 is 2.00 bits per heavy atom. The minimum absolute atomic E-state index is 0.0664. The highest BCUT2D eigenvalue weighted by Gasteiger charge is 2.15. The van der Waals surface area contributed by atoms with Gasteiger partial charge >= 0.3 is 6.61 Å². The summed E-state index contributed by atoms with van der Waals surface area (Å²) in [6, 6.07) is 8.00. The van der Waals surface area contributed by atoms with Gasteiger partial charge in [-0.15, -0.1) is 0 Å². The Hall–Kier alpha value is -3.03. The molecule has 0 atom stereocenters. The topological polar surface area (TPSA) is 68.5 Å². The third-order valence-electron chi connectivity index (χ3n) is 4.27. The number of aromatic nitrogens is 3. The number of nitrogens with zero attached hydrogens (tertiary/aromatic N) is 3. The van der Waals surface area contributed by atoms with Crippen LogP contribution in [0.1, 0.15) is 29.1 Å². The van der Waals surface area contributed by atoms with Gasteiger partial charge in [-0.25, -0.2) is 9.50 Å². The number of carbonyl (C=O) groups is 1.